The third kappa shape index (κ3) is 5.17. The Balaban J connectivity index is 0.00000300. The number of benzene rings is 3. The highest BCUT2D eigenvalue weighted by molar-refractivity contribution is 5.86. The number of carboxylic acid groups (broad SMARTS) is 1. The Labute approximate surface area is 178 Å². The van der Waals surface area contributed by atoms with Gasteiger partial charge in [0.05, 0.1) is 12.0 Å². The van der Waals surface area contributed by atoms with Gasteiger partial charge >= 0.3 is 5.97 Å². The predicted octanol–water partition coefficient (Wildman–Crippen LogP) is 5.33. The van der Waals surface area contributed by atoms with E-state index >= 15 is 0 Å². The van der Waals surface area contributed by atoms with Crippen molar-refractivity contribution in [1.29, 1.82) is 0 Å². The fourth-order valence-corrected chi connectivity index (χ4v) is 3.18. The summed E-state index contributed by atoms with van der Waals surface area (Å²) in [6.07, 6.45) is 0. The Kier molecular flexibility index (Phi) is 7.45. The number of halogens is 1. The van der Waals surface area contributed by atoms with Crippen molar-refractivity contribution in [3.8, 4) is 11.8 Å². The first kappa shape index (κ1) is 22.5. The van der Waals surface area contributed by atoms with Crippen LogP contribution in [-0.4, -0.2) is 17.6 Å². The van der Waals surface area contributed by atoms with Gasteiger partial charge in [0.25, 0.3) is 0 Å². The van der Waals surface area contributed by atoms with Crippen LogP contribution in [0.2, 0.25) is 0 Å². The van der Waals surface area contributed by atoms with Gasteiger partial charge < -0.3 is 5.11 Å². The number of fused-ring (bicyclic) bond motifs is 1. The molecule has 0 saturated carbocycles. The molecule has 1 atom stereocenters. The van der Waals surface area contributed by atoms with Crippen LogP contribution in [0.25, 0.3) is 10.8 Å². The van der Waals surface area contributed by atoms with Gasteiger partial charge in [-0.15, -0.1) is 12.4 Å². The molecule has 0 aliphatic carbocycles. The number of hydrogen-bond donors (Lipinski definition) is 2. The number of carboxylic acids is 1. The summed E-state index contributed by atoms with van der Waals surface area (Å²) in [5, 5.41) is 15.3. The Bertz CT molecular complexity index is 1040. The van der Waals surface area contributed by atoms with Gasteiger partial charge in [0.1, 0.15) is 0 Å². The maximum absolute atomic E-state index is 11.3. The largest absolute Gasteiger partial charge is 0.481 e. The van der Waals surface area contributed by atoms with E-state index in [9.17, 15) is 9.90 Å². The zero-order valence-corrected chi connectivity index (χ0v) is 17.7. The number of rotatable bonds is 5. The van der Waals surface area contributed by atoms with Gasteiger partial charge in [0.2, 0.25) is 0 Å². The van der Waals surface area contributed by atoms with E-state index in [1.807, 2.05) is 24.3 Å². The highest BCUT2D eigenvalue weighted by atomic mass is 35.5. The van der Waals surface area contributed by atoms with Crippen LogP contribution >= 0.6 is 12.4 Å². The molecule has 0 aromatic heterocycles. The molecule has 3 rings (SSSR count). The molecule has 0 amide bonds. The fraction of sp³-hybridized carbons (Fsp3) is 0.240. The zero-order valence-electron chi connectivity index (χ0n) is 16.9. The summed E-state index contributed by atoms with van der Waals surface area (Å²) in [5.41, 5.74) is 2.01. The second-order valence-corrected chi connectivity index (χ2v) is 7.48. The minimum Gasteiger partial charge on any atom is -0.481 e. The van der Waals surface area contributed by atoms with Gasteiger partial charge in [-0.1, -0.05) is 66.4 Å². The maximum atomic E-state index is 11.3. The molecule has 3 aromatic rings. The Hall–Kier alpha value is -2.80. The average molecular weight is 408 g/mol. The summed E-state index contributed by atoms with van der Waals surface area (Å²) >= 11 is 0. The quantitative estimate of drug-likeness (QED) is 0.562. The first-order valence-electron chi connectivity index (χ1n) is 9.43. The molecule has 0 aliphatic rings. The van der Waals surface area contributed by atoms with E-state index < -0.39 is 11.4 Å². The van der Waals surface area contributed by atoms with Crippen molar-refractivity contribution in [1.82, 2.24) is 5.32 Å². The van der Waals surface area contributed by atoms with Gasteiger partial charge in [-0.05, 0) is 54.8 Å². The van der Waals surface area contributed by atoms with Crippen molar-refractivity contribution in [2.75, 3.05) is 6.54 Å². The van der Waals surface area contributed by atoms with Crippen molar-refractivity contribution in [2.24, 2.45) is 0 Å². The first-order chi connectivity index (χ1) is 13.4. The predicted molar refractivity (Wildman–Crippen MR) is 122 cm³/mol. The summed E-state index contributed by atoms with van der Waals surface area (Å²) in [6, 6.07) is 22.4. The average Bonchev–Trinajstić information content (AvgIpc) is 2.71. The molecule has 4 heteroatoms. The van der Waals surface area contributed by atoms with Crippen molar-refractivity contribution >= 4 is 29.1 Å². The van der Waals surface area contributed by atoms with Crippen LogP contribution in [0, 0.1) is 11.8 Å². The molecule has 2 N–H and O–H groups in total. The summed E-state index contributed by atoms with van der Waals surface area (Å²) in [7, 11) is 0. The van der Waals surface area contributed by atoms with Crippen LogP contribution in [0.5, 0.6) is 0 Å². The van der Waals surface area contributed by atoms with Crippen LogP contribution < -0.4 is 5.32 Å². The van der Waals surface area contributed by atoms with Gasteiger partial charge in [0.15, 0.2) is 0 Å². The van der Waals surface area contributed by atoms with Crippen LogP contribution in [0.4, 0.5) is 0 Å². The van der Waals surface area contributed by atoms with Gasteiger partial charge in [-0.3, -0.25) is 10.1 Å². The topological polar surface area (TPSA) is 49.3 Å². The normalized spacial score (nSPS) is 11.8. The lowest BCUT2D eigenvalue weighted by molar-refractivity contribution is -0.142. The van der Waals surface area contributed by atoms with Crippen molar-refractivity contribution < 1.29 is 9.90 Å². The molecule has 29 heavy (non-hydrogen) atoms. The number of carbonyl (C=O) groups is 1. The molecule has 0 bridgehead atoms. The zero-order chi connectivity index (χ0) is 20.1. The van der Waals surface area contributed by atoms with Crippen LogP contribution in [0.3, 0.4) is 0 Å². The lowest BCUT2D eigenvalue weighted by Crippen LogP contribution is -2.28. The second kappa shape index (κ2) is 9.60. The van der Waals surface area contributed by atoms with Gasteiger partial charge in [-0.2, -0.15) is 0 Å². The standard InChI is InChI=1S/C25H25NO2.ClH/c1-18(22-12-6-10-20-9-4-5-11-23(20)22)26-17-7-8-19-13-15-21(16-14-19)25(2,3)24(27)28;/h4-6,9-16,18,26H,17H2,1-3H3,(H,27,28);1H/t18-;/m1./s1. The van der Waals surface area contributed by atoms with E-state index in [4.69, 9.17) is 0 Å². The first-order valence-corrected chi connectivity index (χ1v) is 9.43. The van der Waals surface area contributed by atoms with Crippen LogP contribution in [-0.2, 0) is 10.2 Å². The van der Waals surface area contributed by atoms with Crippen LogP contribution in [0.1, 0.15) is 43.5 Å². The Morgan fingerprint density at radius 1 is 1.03 bits per heavy atom. The third-order valence-electron chi connectivity index (χ3n) is 5.16. The number of nitrogens with one attached hydrogen (secondary N) is 1. The van der Waals surface area contributed by atoms with Crippen molar-refractivity contribution in [2.45, 2.75) is 32.2 Å². The fourth-order valence-electron chi connectivity index (χ4n) is 3.18. The van der Waals surface area contributed by atoms with E-state index in [1.165, 1.54) is 16.3 Å². The van der Waals surface area contributed by atoms with E-state index in [1.54, 1.807) is 13.8 Å². The van der Waals surface area contributed by atoms with E-state index in [0.29, 0.717) is 6.54 Å². The van der Waals surface area contributed by atoms with Crippen LogP contribution in [0.15, 0.2) is 66.7 Å². The number of aliphatic carboxylic acids is 1. The molecule has 0 heterocycles. The SMILES string of the molecule is C[C@@H](NCC#Cc1ccc(C(C)(C)C(=O)O)cc1)c1cccc2ccccc12.Cl. The molecule has 150 valence electrons. The lowest BCUT2D eigenvalue weighted by atomic mass is 9.84. The van der Waals surface area contributed by atoms with Crippen molar-refractivity contribution in [3.05, 3.63) is 83.4 Å². The van der Waals surface area contributed by atoms with E-state index in [0.717, 1.165) is 11.1 Å². The highest BCUT2D eigenvalue weighted by Gasteiger charge is 2.28. The minimum absolute atomic E-state index is 0. The smallest absolute Gasteiger partial charge is 0.313 e. The molecule has 3 nitrogen and oxygen atoms in total. The van der Waals surface area contributed by atoms with E-state index in [-0.39, 0.29) is 18.4 Å². The summed E-state index contributed by atoms with van der Waals surface area (Å²) in [5.74, 6) is 5.46. The summed E-state index contributed by atoms with van der Waals surface area (Å²) in [6.45, 7) is 6.13. The Morgan fingerprint density at radius 2 is 1.69 bits per heavy atom. The van der Waals surface area contributed by atoms with Gasteiger partial charge in [0, 0.05) is 11.6 Å². The molecular weight excluding hydrogens is 382 g/mol. The molecular formula is C25H26ClNO2. The lowest BCUT2D eigenvalue weighted by Gasteiger charge is -2.19. The maximum Gasteiger partial charge on any atom is 0.313 e. The summed E-state index contributed by atoms with van der Waals surface area (Å²) < 4.78 is 0. The Morgan fingerprint density at radius 3 is 2.38 bits per heavy atom. The van der Waals surface area contributed by atoms with Gasteiger partial charge in [-0.25, -0.2) is 0 Å². The van der Waals surface area contributed by atoms with Crippen molar-refractivity contribution in [3.63, 3.8) is 0 Å². The third-order valence-corrected chi connectivity index (χ3v) is 5.16. The number of hydrogen-bond acceptors (Lipinski definition) is 2. The highest BCUT2D eigenvalue weighted by Crippen LogP contribution is 2.24. The summed E-state index contributed by atoms with van der Waals surface area (Å²) in [4.78, 5) is 11.3. The molecule has 0 fully saturated rings. The molecule has 0 aliphatic heterocycles. The molecule has 3 aromatic carbocycles. The second-order valence-electron chi connectivity index (χ2n) is 7.48. The molecule has 0 saturated heterocycles. The minimum atomic E-state index is -0.901. The molecule has 0 spiro atoms. The monoisotopic (exact) mass is 407 g/mol. The molecule has 0 unspecified atom stereocenters. The molecule has 0 radical (unpaired) electrons. The van der Waals surface area contributed by atoms with E-state index in [2.05, 4.69) is 66.5 Å².